The number of carboxylic acid groups (broad SMARTS) is 1. The van der Waals surface area contributed by atoms with Crippen LogP contribution in [0.3, 0.4) is 0 Å². The minimum absolute atomic E-state index is 0.163. The maximum atomic E-state index is 12.5. The van der Waals surface area contributed by atoms with Gasteiger partial charge in [0.15, 0.2) is 0 Å². The molecule has 0 radical (unpaired) electrons. The van der Waals surface area contributed by atoms with Crippen LogP contribution < -0.4 is 5.73 Å². The van der Waals surface area contributed by atoms with Crippen LogP contribution in [0.25, 0.3) is 0 Å². The van der Waals surface area contributed by atoms with Crippen LogP contribution >= 0.6 is 0 Å². The van der Waals surface area contributed by atoms with Gasteiger partial charge in [0.1, 0.15) is 0 Å². The summed E-state index contributed by atoms with van der Waals surface area (Å²) >= 11 is 0. The van der Waals surface area contributed by atoms with Crippen molar-refractivity contribution in [3.05, 3.63) is 12.2 Å². The number of carboxylic acids is 1. The Labute approximate surface area is 118 Å². The van der Waals surface area contributed by atoms with Gasteiger partial charge in [-0.15, -0.1) is 0 Å². The highest BCUT2D eigenvalue weighted by Gasteiger charge is 2.36. The lowest BCUT2D eigenvalue weighted by atomic mass is 9.82. The predicted octanol–water partition coefficient (Wildman–Crippen LogP) is 0.623. The van der Waals surface area contributed by atoms with Crippen LogP contribution in [0.5, 0.6) is 0 Å². The van der Waals surface area contributed by atoms with Gasteiger partial charge in [0.2, 0.25) is 11.8 Å². The van der Waals surface area contributed by atoms with Gasteiger partial charge in [-0.25, -0.2) is 0 Å². The van der Waals surface area contributed by atoms with E-state index < -0.39 is 23.7 Å². The molecule has 0 unspecified atom stereocenters. The summed E-state index contributed by atoms with van der Waals surface area (Å²) in [5.74, 6) is -3.02. The minimum atomic E-state index is -0.976. The first-order chi connectivity index (χ1) is 9.32. The molecule has 112 valence electrons. The average Bonchev–Trinajstić information content (AvgIpc) is 2.36. The van der Waals surface area contributed by atoms with Crippen molar-refractivity contribution in [1.29, 1.82) is 0 Å². The van der Waals surface area contributed by atoms with E-state index in [0.29, 0.717) is 19.4 Å². The van der Waals surface area contributed by atoms with Crippen LogP contribution in [0, 0.1) is 17.8 Å². The Morgan fingerprint density at radius 1 is 1.25 bits per heavy atom. The number of hydrogen-bond donors (Lipinski definition) is 2. The number of nitrogens with zero attached hydrogens (tertiary/aromatic N) is 1. The first kappa shape index (κ1) is 16.2. The molecule has 6 heteroatoms. The quantitative estimate of drug-likeness (QED) is 0.697. The number of aliphatic carboxylic acids is 1. The second-order valence-corrected chi connectivity index (χ2v) is 5.57. The number of rotatable bonds is 6. The molecular weight excluding hydrogens is 260 g/mol. The summed E-state index contributed by atoms with van der Waals surface area (Å²) in [6, 6.07) is 0. The van der Waals surface area contributed by atoms with E-state index in [4.69, 9.17) is 5.73 Å². The minimum Gasteiger partial charge on any atom is -0.481 e. The molecule has 1 aliphatic rings. The molecule has 20 heavy (non-hydrogen) atoms. The highest BCUT2D eigenvalue weighted by molar-refractivity contribution is 5.88. The number of nitrogens with two attached hydrogens (primary N) is 1. The van der Waals surface area contributed by atoms with Crippen molar-refractivity contribution < 1.29 is 19.5 Å². The van der Waals surface area contributed by atoms with E-state index in [1.54, 1.807) is 6.08 Å². The first-order valence-electron chi connectivity index (χ1n) is 6.77. The fourth-order valence-corrected chi connectivity index (χ4v) is 2.46. The van der Waals surface area contributed by atoms with Crippen molar-refractivity contribution in [1.82, 2.24) is 4.90 Å². The molecule has 2 atom stereocenters. The lowest BCUT2D eigenvalue weighted by Crippen LogP contribution is -2.46. The summed E-state index contributed by atoms with van der Waals surface area (Å²) in [4.78, 5) is 36.2. The Hall–Kier alpha value is -1.85. The molecule has 2 amide bonds. The molecule has 0 heterocycles. The topological polar surface area (TPSA) is 101 Å². The van der Waals surface area contributed by atoms with E-state index in [1.807, 2.05) is 19.9 Å². The second kappa shape index (κ2) is 7.07. The highest BCUT2D eigenvalue weighted by atomic mass is 16.4. The summed E-state index contributed by atoms with van der Waals surface area (Å²) in [5, 5.41) is 9.21. The van der Waals surface area contributed by atoms with Crippen molar-refractivity contribution in [2.24, 2.45) is 23.5 Å². The van der Waals surface area contributed by atoms with E-state index in [-0.39, 0.29) is 18.4 Å². The Morgan fingerprint density at radius 2 is 1.80 bits per heavy atom. The van der Waals surface area contributed by atoms with E-state index in [0.717, 1.165) is 0 Å². The predicted molar refractivity (Wildman–Crippen MR) is 73.6 cm³/mol. The molecule has 0 saturated carbocycles. The number of primary amides is 1. The van der Waals surface area contributed by atoms with Crippen LogP contribution in [-0.2, 0) is 14.4 Å². The molecule has 0 aromatic rings. The molecule has 3 N–H and O–H groups in total. The lowest BCUT2D eigenvalue weighted by molar-refractivity contribution is -0.151. The van der Waals surface area contributed by atoms with E-state index >= 15 is 0 Å². The number of carbonyl (C=O) groups is 3. The third-order valence-electron chi connectivity index (χ3n) is 3.31. The summed E-state index contributed by atoms with van der Waals surface area (Å²) in [6.07, 6.45) is 4.34. The Morgan fingerprint density at radius 3 is 2.25 bits per heavy atom. The molecule has 6 nitrogen and oxygen atoms in total. The maximum Gasteiger partial charge on any atom is 0.307 e. The monoisotopic (exact) mass is 282 g/mol. The zero-order valence-corrected chi connectivity index (χ0v) is 11.9. The van der Waals surface area contributed by atoms with Crippen LogP contribution in [0.2, 0.25) is 0 Å². The number of hydrogen-bond acceptors (Lipinski definition) is 3. The molecule has 0 aromatic heterocycles. The summed E-state index contributed by atoms with van der Waals surface area (Å²) < 4.78 is 0. The van der Waals surface area contributed by atoms with Gasteiger partial charge in [-0.2, -0.15) is 0 Å². The van der Waals surface area contributed by atoms with Crippen LogP contribution in [0.1, 0.15) is 26.7 Å². The van der Waals surface area contributed by atoms with Crippen molar-refractivity contribution in [2.75, 3.05) is 13.1 Å². The van der Waals surface area contributed by atoms with E-state index in [9.17, 15) is 19.5 Å². The highest BCUT2D eigenvalue weighted by Crippen LogP contribution is 2.28. The molecule has 0 aliphatic heterocycles. The number of amides is 2. The van der Waals surface area contributed by atoms with Gasteiger partial charge < -0.3 is 15.7 Å². The molecule has 0 saturated heterocycles. The fraction of sp³-hybridized carbons (Fsp3) is 0.643. The second-order valence-electron chi connectivity index (χ2n) is 5.57. The van der Waals surface area contributed by atoms with Crippen LogP contribution in [-0.4, -0.2) is 40.9 Å². The van der Waals surface area contributed by atoms with Gasteiger partial charge in [-0.1, -0.05) is 26.0 Å². The van der Waals surface area contributed by atoms with Crippen LogP contribution in [0.4, 0.5) is 0 Å². The standard InChI is InChI=1S/C14H22N2O4/c1-9(2)7-16(8-12(15)17)13(18)10-5-3-4-6-11(10)14(19)20/h3-4,9-11H,5-8H2,1-2H3,(H2,15,17)(H,19,20)/t10-,11+/m1/s1. The van der Waals surface area contributed by atoms with Gasteiger partial charge in [0, 0.05) is 6.54 Å². The number of carbonyl (C=O) groups excluding carboxylic acids is 2. The molecular formula is C14H22N2O4. The molecule has 1 rings (SSSR count). The molecule has 1 aliphatic carbocycles. The molecule has 0 spiro atoms. The number of allylic oxidation sites excluding steroid dienone is 2. The molecule has 0 fully saturated rings. The zero-order valence-electron chi connectivity index (χ0n) is 11.9. The Kier molecular flexibility index (Phi) is 5.73. The van der Waals surface area contributed by atoms with Gasteiger partial charge in [0.25, 0.3) is 0 Å². The van der Waals surface area contributed by atoms with E-state index in [2.05, 4.69) is 0 Å². The average molecular weight is 282 g/mol. The SMILES string of the molecule is CC(C)CN(CC(N)=O)C(=O)[C@@H]1CC=CC[C@@H]1C(=O)O. The van der Waals surface area contributed by atoms with E-state index in [1.165, 1.54) is 4.90 Å². The largest absolute Gasteiger partial charge is 0.481 e. The maximum absolute atomic E-state index is 12.5. The van der Waals surface area contributed by atoms with Crippen molar-refractivity contribution in [3.63, 3.8) is 0 Å². The fourth-order valence-electron chi connectivity index (χ4n) is 2.46. The van der Waals surface area contributed by atoms with Crippen molar-refractivity contribution in [3.8, 4) is 0 Å². The Balaban J connectivity index is 2.88. The smallest absolute Gasteiger partial charge is 0.307 e. The van der Waals surface area contributed by atoms with Crippen LogP contribution in [0.15, 0.2) is 12.2 Å². The third kappa shape index (κ3) is 4.36. The van der Waals surface area contributed by atoms with Gasteiger partial charge in [0.05, 0.1) is 18.4 Å². The van der Waals surface area contributed by atoms with Gasteiger partial charge >= 0.3 is 5.97 Å². The summed E-state index contributed by atoms with van der Waals surface area (Å²) in [6.45, 7) is 4.09. The summed E-state index contributed by atoms with van der Waals surface area (Å²) in [7, 11) is 0. The normalized spacial score (nSPS) is 21.8. The molecule has 0 aromatic carbocycles. The first-order valence-corrected chi connectivity index (χ1v) is 6.77. The van der Waals surface area contributed by atoms with Crippen molar-refractivity contribution in [2.45, 2.75) is 26.7 Å². The zero-order chi connectivity index (χ0) is 15.3. The third-order valence-corrected chi connectivity index (χ3v) is 3.31. The van der Waals surface area contributed by atoms with Crippen molar-refractivity contribution >= 4 is 17.8 Å². The lowest BCUT2D eigenvalue weighted by Gasteiger charge is -2.31. The van der Waals surface area contributed by atoms with Gasteiger partial charge in [-0.05, 0) is 18.8 Å². The Bertz CT molecular complexity index is 417. The molecule has 0 bridgehead atoms. The summed E-state index contributed by atoms with van der Waals surface area (Å²) in [5.41, 5.74) is 5.17. The van der Waals surface area contributed by atoms with Gasteiger partial charge in [-0.3, -0.25) is 14.4 Å².